The van der Waals surface area contributed by atoms with Crippen LogP contribution in [-0.2, 0) is 22.4 Å². The fourth-order valence-corrected chi connectivity index (χ4v) is 4.36. The zero-order valence-electron chi connectivity index (χ0n) is 14.9. The molecule has 4 rings (SSSR count). The Morgan fingerprint density at radius 1 is 0.929 bits per heavy atom. The molecular formula is C22H17NO4S. The standard InChI is InChI=1S/C22H17NO4S/c24-19(23-21(25)15-7-2-1-3-8-15)13-27-22(26)18-12-16-11-10-14-6-4-5-9-17(14)20(16)28-18/h1-9,12H,10-11,13H2,(H,23,24,25). The zero-order valence-corrected chi connectivity index (χ0v) is 15.8. The van der Waals surface area contributed by atoms with Gasteiger partial charge in [-0.3, -0.25) is 14.9 Å². The number of thiophene rings is 1. The molecule has 3 aromatic rings. The molecule has 0 aliphatic heterocycles. The minimum absolute atomic E-state index is 0.367. The summed E-state index contributed by atoms with van der Waals surface area (Å²) in [4.78, 5) is 37.8. The van der Waals surface area contributed by atoms with Crippen molar-refractivity contribution >= 4 is 29.1 Å². The van der Waals surface area contributed by atoms with Crippen LogP contribution in [0.4, 0.5) is 0 Å². The van der Waals surface area contributed by atoms with Crippen LogP contribution in [0.15, 0.2) is 60.7 Å². The number of benzene rings is 2. The first-order valence-corrected chi connectivity index (χ1v) is 9.71. The second-order valence-electron chi connectivity index (χ2n) is 6.44. The number of fused-ring (bicyclic) bond motifs is 3. The van der Waals surface area contributed by atoms with Gasteiger partial charge in [-0.2, -0.15) is 0 Å². The molecule has 2 amide bonds. The quantitative estimate of drug-likeness (QED) is 0.690. The van der Waals surface area contributed by atoms with E-state index in [4.69, 9.17) is 4.74 Å². The SMILES string of the molecule is O=C(COC(=O)c1cc2c(s1)-c1ccccc1CC2)NC(=O)c1ccccc1. The van der Waals surface area contributed by atoms with Crippen molar-refractivity contribution in [3.8, 4) is 10.4 Å². The summed E-state index contributed by atoms with van der Waals surface area (Å²) in [5, 5.41) is 2.21. The second-order valence-corrected chi connectivity index (χ2v) is 7.49. The molecule has 0 radical (unpaired) electrons. The molecule has 0 atom stereocenters. The summed E-state index contributed by atoms with van der Waals surface area (Å²) in [7, 11) is 0. The molecule has 1 aromatic heterocycles. The number of hydrogen-bond donors (Lipinski definition) is 1. The van der Waals surface area contributed by atoms with E-state index in [1.807, 2.05) is 18.2 Å². The van der Waals surface area contributed by atoms with E-state index < -0.39 is 24.4 Å². The predicted octanol–water partition coefficient (Wildman–Crippen LogP) is 3.63. The van der Waals surface area contributed by atoms with Gasteiger partial charge in [0.1, 0.15) is 4.88 Å². The molecule has 1 N–H and O–H groups in total. The number of ether oxygens (including phenoxy) is 1. The molecule has 0 bridgehead atoms. The molecule has 0 saturated heterocycles. The molecule has 5 nitrogen and oxygen atoms in total. The van der Waals surface area contributed by atoms with E-state index in [2.05, 4.69) is 17.4 Å². The average molecular weight is 391 g/mol. The highest BCUT2D eigenvalue weighted by Gasteiger charge is 2.22. The third-order valence-electron chi connectivity index (χ3n) is 4.56. The van der Waals surface area contributed by atoms with E-state index in [1.54, 1.807) is 30.3 Å². The third-order valence-corrected chi connectivity index (χ3v) is 5.75. The first kappa shape index (κ1) is 18.1. The molecule has 0 unspecified atom stereocenters. The lowest BCUT2D eigenvalue weighted by Crippen LogP contribution is -2.34. The van der Waals surface area contributed by atoms with Crippen molar-refractivity contribution in [2.24, 2.45) is 0 Å². The van der Waals surface area contributed by atoms with Crippen LogP contribution in [0, 0.1) is 0 Å². The van der Waals surface area contributed by atoms with Crippen LogP contribution >= 0.6 is 11.3 Å². The Hall–Kier alpha value is -3.25. The summed E-state index contributed by atoms with van der Waals surface area (Å²) in [6, 6.07) is 18.4. The zero-order chi connectivity index (χ0) is 19.5. The topological polar surface area (TPSA) is 72.5 Å². The van der Waals surface area contributed by atoms with Gasteiger partial charge in [-0.05, 0) is 47.7 Å². The normalized spacial score (nSPS) is 11.9. The monoisotopic (exact) mass is 391 g/mol. The molecule has 1 aliphatic rings. The maximum absolute atomic E-state index is 12.4. The van der Waals surface area contributed by atoms with Crippen molar-refractivity contribution < 1.29 is 19.1 Å². The first-order valence-electron chi connectivity index (χ1n) is 8.89. The Kier molecular flexibility index (Phi) is 5.04. The number of rotatable bonds is 4. The number of imide groups is 1. The van der Waals surface area contributed by atoms with Crippen LogP contribution in [0.2, 0.25) is 0 Å². The van der Waals surface area contributed by atoms with Crippen LogP contribution in [0.1, 0.15) is 31.2 Å². The van der Waals surface area contributed by atoms with Crippen molar-refractivity contribution in [1.82, 2.24) is 5.32 Å². The van der Waals surface area contributed by atoms with Crippen LogP contribution in [0.3, 0.4) is 0 Å². The molecule has 140 valence electrons. The molecule has 0 fully saturated rings. The highest BCUT2D eigenvalue weighted by atomic mass is 32.1. The Morgan fingerprint density at radius 2 is 1.64 bits per heavy atom. The summed E-state index contributed by atoms with van der Waals surface area (Å²) in [6.07, 6.45) is 1.82. The lowest BCUT2D eigenvalue weighted by Gasteiger charge is -2.15. The Labute approximate surface area is 166 Å². The smallest absolute Gasteiger partial charge is 0.348 e. The van der Waals surface area contributed by atoms with Gasteiger partial charge in [0.05, 0.1) is 0 Å². The van der Waals surface area contributed by atoms with Gasteiger partial charge in [0.2, 0.25) is 0 Å². The van der Waals surface area contributed by atoms with Crippen molar-refractivity contribution in [3.05, 3.63) is 82.2 Å². The number of carbonyl (C=O) groups is 3. The van der Waals surface area contributed by atoms with E-state index in [0.717, 1.165) is 28.8 Å². The first-order chi connectivity index (χ1) is 13.6. The molecule has 1 heterocycles. The van der Waals surface area contributed by atoms with Crippen molar-refractivity contribution in [1.29, 1.82) is 0 Å². The number of aryl methyl sites for hydroxylation is 2. The summed E-state index contributed by atoms with van der Waals surface area (Å²) in [6.45, 7) is -0.503. The van der Waals surface area contributed by atoms with Gasteiger partial charge in [0, 0.05) is 10.4 Å². The van der Waals surface area contributed by atoms with Crippen LogP contribution < -0.4 is 5.32 Å². The van der Waals surface area contributed by atoms with Gasteiger partial charge in [-0.25, -0.2) is 4.79 Å². The molecule has 6 heteroatoms. The summed E-state index contributed by atoms with van der Waals surface area (Å²) in [5.41, 5.74) is 3.92. The molecule has 0 spiro atoms. The maximum atomic E-state index is 12.4. The van der Waals surface area contributed by atoms with Crippen LogP contribution in [0.5, 0.6) is 0 Å². The van der Waals surface area contributed by atoms with E-state index in [0.29, 0.717) is 10.4 Å². The number of amides is 2. The van der Waals surface area contributed by atoms with Gasteiger partial charge in [0.15, 0.2) is 6.61 Å². The molecule has 0 saturated carbocycles. The molecule has 2 aromatic carbocycles. The van der Waals surface area contributed by atoms with E-state index >= 15 is 0 Å². The highest BCUT2D eigenvalue weighted by molar-refractivity contribution is 7.17. The van der Waals surface area contributed by atoms with Crippen LogP contribution in [0.25, 0.3) is 10.4 Å². The van der Waals surface area contributed by atoms with Crippen LogP contribution in [-0.4, -0.2) is 24.4 Å². The average Bonchev–Trinajstić information content (AvgIpc) is 3.17. The van der Waals surface area contributed by atoms with Gasteiger partial charge in [-0.15, -0.1) is 11.3 Å². The van der Waals surface area contributed by atoms with E-state index in [1.165, 1.54) is 16.9 Å². The number of hydrogen-bond acceptors (Lipinski definition) is 5. The fourth-order valence-electron chi connectivity index (χ4n) is 3.20. The van der Waals surface area contributed by atoms with Gasteiger partial charge < -0.3 is 4.74 Å². The molecule has 1 aliphatic carbocycles. The van der Waals surface area contributed by atoms with Crippen molar-refractivity contribution in [2.45, 2.75) is 12.8 Å². The molecular weight excluding hydrogens is 374 g/mol. The van der Waals surface area contributed by atoms with Gasteiger partial charge >= 0.3 is 5.97 Å². The highest BCUT2D eigenvalue weighted by Crippen LogP contribution is 2.39. The lowest BCUT2D eigenvalue weighted by atomic mass is 9.91. The summed E-state index contributed by atoms with van der Waals surface area (Å²) >= 11 is 1.38. The minimum Gasteiger partial charge on any atom is -0.451 e. The Bertz CT molecular complexity index is 1060. The fraction of sp³-hybridized carbons (Fsp3) is 0.136. The maximum Gasteiger partial charge on any atom is 0.348 e. The third kappa shape index (κ3) is 3.73. The number of esters is 1. The number of nitrogens with one attached hydrogen (secondary N) is 1. The lowest BCUT2D eigenvalue weighted by molar-refractivity contribution is -0.123. The van der Waals surface area contributed by atoms with Gasteiger partial charge in [-0.1, -0.05) is 42.5 Å². The van der Waals surface area contributed by atoms with Gasteiger partial charge in [0.25, 0.3) is 11.8 Å². The minimum atomic E-state index is -0.658. The Morgan fingerprint density at radius 3 is 2.46 bits per heavy atom. The van der Waals surface area contributed by atoms with E-state index in [-0.39, 0.29) is 0 Å². The van der Waals surface area contributed by atoms with Crippen molar-refractivity contribution in [2.75, 3.05) is 6.61 Å². The predicted molar refractivity (Wildman–Crippen MR) is 106 cm³/mol. The number of carbonyl (C=O) groups excluding carboxylic acids is 3. The largest absolute Gasteiger partial charge is 0.451 e. The molecule has 28 heavy (non-hydrogen) atoms. The second kappa shape index (κ2) is 7.78. The summed E-state index contributed by atoms with van der Waals surface area (Å²) < 4.78 is 5.10. The Balaban J connectivity index is 1.38. The van der Waals surface area contributed by atoms with E-state index in [9.17, 15) is 14.4 Å². The van der Waals surface area contributed by atoms with Crippen molar-refractivity contribution in [3.63, 3.8) is 0 Å². The summed E-state index contributed by atoms with van der Waals surface area (Å²) in [5.74, 6) is -1.74.